The molecule has 0 bridgehead atoms. The van der Waals surface area contributed by atoms with Gasteiger partial charge in [-0.2, -0.15) is 0 Å². The van der Waals surface area contributed by atoms with E-state index >= 15 is 0 Å². The lowest BCUT2D eigenvalue weighted by molar-refractivity contribution is -0.125. The van der Waals surface area contributed by atoms with Gasteiger partial charge in [-0.05, 0) is 11.8 Å². The monoisotopic (exact) mass is 209 g/mol. The van der Waals surface area contributed by atoms with E-state index in [1.807, 2.05) is 19.1 Å². The highest BCUT2D eigenvalue weighted by Crippen LogP contribution is 2.43. The van der Waals surface area contributed by atoms with Gasteiger partial charge in [-0.3, -0.25) is 4.79 Å². The molecular weight excluding hydrogens is 198 g/mol. The molecule has 1 atom stereocenters. The Kier molecular flexibility index (Phi) is 2.25. The van der Waals surface area contributed by atoms with Crippen LogP contribution in [-0.2, 0) is 9.73 Å². The third-order valence-corrected chi connectivity index (χ3v) is 3.31. The van der Waals surface area contributed by atoms with Gasteiger partial charge < -0.3 is 10.4 Å². The number of para-hydroxylation sites is 1. The van der Waals surface area contributed by atoms with Crippen molar-refractivity contribution in [1.82, 2.24) is 0 Å². The molecule has 0 radical (unpaired) electrons. The van der Waals surface area contributed by atoms with Crippen LogP contribution < -0.4 is 5.32 Å². The average molecular weight is 209 g/mol. The fourth-order valence-electron chi connectivity index (χ4n) is 1.57. The van der Waals surface area contributed by atoms with Gasteiger partial charge in [-0.25, -0.2) is 0 Å². The van der Waals surface area contributed by atoms with Gasteiger partial charge in [0, 0.05) is 11.3 Å². The third kappa shape index (κ3) is 1.22. The Bertz CT molecular complexity index is 380. The lowest BCUT2D eigenvalue weighted by Crippen LogP contribution is -2.30. The van der Waals surface area contributed by atoms with E-state index < -0.39 is 4.93 Å². The zero-order valence-corrected chi connectivity index (χ0v) is 8.60. The molecule has 0 saturated heterocycles. The summed E-state index contributed by atoms with van der Waals surface area (Å²) in [6.07, 6.45) is 0. The minimum Gasteiger partial charge on any atom is -0.367 e. The fraction of sp³-hybridized carbons (Fsp3) is 0.300. The van der Waals surface area contributed by atoms with Gasteiger partial charge in [0.15, 0.2) is 0 Å². The van der Waals surface area contributed by atoms with E-state index in [9.17, 15) is 9.90 Å². The Hall–Kier alpha value is -1.00. The Labute approximate surface area is 86.5 Å². The number of aliphatic hydroxyl groups is 1. The minimum atomic E-state index is -1.40. The first-order valence-corrected chi connectivity index (χ1v) is 5.44. The van der Waals surface area contributed by atoms with Crippen molar-refractivity contribution in [2.75, 3.05) is 11.1 Å². The predicted molar refractivity (Wildman–Crippen MR) is 57.1 cm³/mol. The van der Waals surface area contributed by atoms with Crippen molar-refractivity contribution >= 4 is 23.4 Å². The maximum Gasteiger partial charge on any atom is 0.271 e. The largest absolute Gasteiger partial charge is 0.367 e. The van der Waals surface area contributed by atoms with E-state index in [0.717, 1.165) is 0 Å². The van der Waals surface area contributed by atoms with Crippen LogP contribution in [0.15, 0.2) is 24.3 Å². The number of hydrogen-bond acceptors (Lipinski definition) is 3. The number of anilines is 1. The molecule has 0 spiro atoms. The smallest absolute Gasteiger partial charge is 0.271 e. The molecule has 3 nitrogen and oxygen atoms in total. The second kappa shape index (κ2) is 3.29. The second-order valence-electron chi connectivity index (χ2n) is 3.08. The number of carbonyl (C=O) groups excluding carboxylic acids is 1. The predicted octanol–water partition coefficient (Wildman–Crippen LogP) is 1.54. The molecule has 1 unspecified atom stereocenters. The SMILES string of the molecule is CCSC1(O)C(=O)Nc2ccccc21. The van der Waals surface area contributed by atoms with Crippen LogP contribution in [0.2, 0.25) is 0 Å². The highest BCUT2D eigenvalue weighted by molar-refractivity contribution is 8.00. The lowest BCUT2D eigenvalue weighted by atomic mass is 10.1. The third-order valence-electron chi connectivity index (χ3n) is 2.20. The molecule has 1 amide bonds. The van der Waals surface area contributed by atoms with Crippen molar-refractivity contribution in [3.8, 4) is 0 Å². The summed E-state index contributed by atoms with van der Waals surface area (Å²) >= 11 is 1.24. The van der Waals surface area contributed by atoms with Crippen LogP contribution in [0.4, 0.5) is 5.69 Å². The molecular formula is C10H11NO2S. The fourth-order valence-corrected chi connectivity index (χ4v) is 2.50. The maximum atomic E-state index is 11.6. The summed E-state index contributed by atoms with van der Waals surface area (Å²) in [5.74, 6) is 0.351. The van der Waals surface area contributed by atoms with Crippen molar-refractivity contribution in [3.63, 3.8) is 0 Å². The van der Waals surface area contributed by atoms with E-state index in [1.54, 1.807) is 12.1 Å². The molecule has 14 heavy (non-hydrogen) atoms. The van der Waals surface area contributed by atoms with Gasteiger partial charge >= 0.3 is 0 Å². The van der Waals surface area contributed by atoms with E-state index in [4.69, 9.17) is 0 Å². The van der Waals surface area contributed by atoms with Gasteiger partial charge in [-0.1, -0.05) is 25.1 Å². The van der Waals surface area contributed by atoms with Gasteiger partial charge in [0.05, 0.1) is 0 Å². The number of fused-ring (bicyclic) bond motifs is 1. The second-order valence-corrected chi connectivity index (χ2v) is 4.53. The lowest BCUT2D eigenvalue weighted by Gasteiger charge is -2.18. The van der Waals surface area contributed by atoms with Crippen LogP contribution in [0, 0.1) is 0 Å². The summed E-state index contributed by atoms with van der Waals surface area (Å²) in [4.78, 5) is 10.2. The summed E-state index contributed by atoms with van der Waals surface area (Å²) in [6.45, 7) is 1.91. The number of nitrogens with one attached hydrogen (secondary N) is 1. The highest BCUT2D eigenvalue weighted by Gasteiger charge is 2.45. The quantitative estimate of drug-likeness (QED) is 0.726. The molecule has 4 heteroatoms. The minimum absolute atomic E-state index is 0.342. The van der Waals surface area contributed by atoms with E-state index in [1.165, 1.54) is 11.8 Å². The van der Waals surface area contributed by atoms with Crippen LogP contribution in [0.3, 0.4) is 0 Å². The van der Waals surface area contributed by atoms with Crippen LogP contribution >= 0.6 is 11.8 Å². The Morgan fingerprint density at radius 3 is 2.93 bits per heavy atom. The molecule has 2 N–H and O–H groups in total. The molecule has 0 fully saturated rings. The molecule has 74 valence electrons. The number of rotatable bonds is 2. The van der Waals surface area contributed by atoms with Gasteiger partial charge in [-0.15, -0.1) is 11.8 Å². The first kappa shape index (κ1) is 9.55. The van der Waals surface area contributed by atoms with Gasteiger partial charge in [0.25, 0.3) is 5.91 Å². The number of hydrogen-bond donors (Lipinski definition) is 2. The van der Waals surface area contributed by atoms with Crippen molar-refractivity contribution in [1.29, 1.82) is 0 Å². The van der Waals surface area contributed by atoms with Crippen LogP contribution in [-0.4, -0.2) is 16.8 Å². The molecule has 1 aliphatic rings. The Balaban J connectivity index is 2.48. The maximum absolute atomic E-state index is 11.6. The molecule has 1 aliphatic heterocycles. The van der Waals surface area contributed by atoms with Crippen LogP contribution in [0.5, 0.6) is 0 Å². The molecule has 0 aromatic heterocycles. The van der Waals surface area contributed by atoms with E-state index in [2.05, 4.69) is 5.32 Å². The normalized spacial score (nSPS) is 24.6. The summed E-state index contributed by atoms with van der Waals surface area (Å²) in [6, 6.07) is 7.22. The standard InChI is InChI=1S/C10H11NO2S/c1-2-14-10(13)7-5-3-4-6-8(7)11-9(10)12/h3-6,13H,2H2,1H3,(H,11,12). The van der Waals surface area contributed by atoms with Gasteiger partial charge in [0.1, 0.15) is 0 Å². The summed E-state index contributed by atoms with van der Waals surface area (Å²) in [5, 5.41) is 12.8. The number of thioether (sulfide) groups is 1. The summed E-state index contributed by atoms with van der Waals surface area (Å²) < 4.78 is 0. The molecule has 1 heterocycles. The van der Waals surface area contributed by atoms with E-state index in [-0.39, 0.29) is 5.91 Å². The highest BCUT2D eigenvalue weighted by atomic mass is 32.2. The molecule has 1 aromatic carbocycles. The molecule has 0 saturated carbocycles. The average Bonchev–Trinajstić information content (AvgIpc) is 2.41. The number of benzene rings is 1. The van der Waals surface area contributed by atoms with Crippen molar-refractivity contribution in [2.45, 2.75) is 11.9 Å². The Morgan fingerprint density at radius 2 is 2.21 bits per heavy atom. The van der Waals surface area contributed by atoms with Crippen LogP contribution in [0.25, 0.3) is 0 Å². The first-order chi connectivity index (χ1) is 6.68. The summed E-state index contributed by atoms with van der Waals surface area (Å²) in [5.41, 5.74) is 1.37. The summed E-state index contributed by atoms with van der Waals surface area (Å²) in [7, 11) is 0. The zero-order chi connectivity index (χ0) is 10.2. The van der Waals surface area contributed by atoms with Crippen molar-refractivity contribution in [2.24, 2.45) is 0 Å². The molecule has 2 rings (SSSR count). The van der Waals surface area contributed by atoms with E-state index in [0.29, 0.717) is 17.0 Å². The molecule has 1 aromatic rings. The number of amides is 1. The first-order valence-electron chi connectivity index (χ1n) is 4.45. The van der Waals surface area contributed by atoms with Gasteiger partial charge in [0.2, 0.25) is 4.93 Å². The topological polar surface area (TPSA) is 49.3 Å². The van der Waals surface area contributed by atoms with Crippen molar-refractivity contribution in [3.05, 3.63) is 29.8 Å². The molecule has 0 aliphatic carbocycles. The Morgan fingerprint density at radius 1 is 1.50 bits per heavy atom. The number of carbonyl (C=O) groups is 1. The van der Waals surface area contributed by atoms with Crippen LogP contribution in [0.1, 0.15) is 12.5 Å². The zero-order valence-electron chi connectivity index (χ0n) is 7.78. The van der Waals surface area contributed by atoms with Crippen molar-refractivity contribution < 1.29 is 9.90 Å².